The van der Waals surface area contributed by atoms with Gasteiger partial charge in [0.15, 0.2) is 0 Å². The van der Waals surface area contributed by atoms with Gasteiger partial charge >= 0.3 is 0 Å². The molecule has 1 heterocycles. The van der Waals surface area contributed by atoms with Crippen LogP contribution in [0, 0.1) is 5.92 Å². The van der Waals surface area contributed by atoms with E-state index >= 15 is 0 Å². The van der Waals surface area contributed by atoms with Crippen molar-refractivity contribution in [3.8, 4) is 0 Å². The Bertz CT molecular complexity index is 383. The number of carbonyl (C=O) groups is 1. The fourth-order valence-electron chi connectivity index (χ4n) is 1.97. The fraction of sp³-hybridized carbons (Fsp3) is 0.615. The first kappa shape index (κ1) is 12.2. The van der Waals surface area contributed by atoms with E-state index in [1.54, 1.807) is 0 Å². The molecule has 1 amide bonds. The number of nitrogens with zero attached hydrogens (tertiary/aromatic N) is 1. The molecular formula is C13H20N2O2. The predicted octanol–water partition coefficient (Wildman–Crippen LogP) is 1.46. The zero-order chi connectivity index (χ0) is 12.3. The first-order valence-electron chi connectivity index (χ1n) is 6.31. The average molecular weight is 236 g/mol. The molecule has 2 rings (SSSR count). The van der Waals surface area contributed by atoms with Crippen molar-refractivity contribution < 1.29 is 9.90 Å². The highest BCUT2D eigenvalue weighted by Crippen LogP contribution is 2.40. The lowest BCUT2D eigenvalue weighted by molar-refractivity contribution is -0.121. The summed E-state index contributed by atoms with van der Waals surface area (Å²) in [4.78, 5) is 11.3. The lowest BCUT2D eigenvalue weighted by Gasteiger charge is -2.06. The molecule has 0 radical (unpaired) electrons. The third kappa shape index (κ3) is 3.33. The van der Waals surface area contributed by atoms with Crippen LogP contribution in [0.25, 0.3) is 0 Å². The fourth-order valence-corrected chi connectivity index (χ4v) is 1.97. The summed E-state index contributed by atoms with van der Waals surface area (Å²) in [7, 11) is 0. The van der Waals surface area contributed by atoms with Gasteiger partial charge in [0, 0.05) is 31.9 Å². The van der Waals surface area contributed by atoms with Gasteiger partial charge in [-0.3, -0.25) is 4.79 Å². The van der Waals surface area contributed by atoms with Gasteiger partial charge < -0.3 is 15.0 Å². The van der Waals surface area contributed by atoms with Gasteiger partial charge in [0.1, 0.15) is 0 Å². The highest BCUT2D eigenvalue weighted by atomic mass is 16.3. The van der Waals surface area contributed by atoms with E-state index in [0.717, 1.165) is 18.4 Å². The van der Waals surface area contributed by atoms with Crippen molar-refractivity contribution in [2.75, 3.05) is 6.54 Å². The van der Waals surface area contributed by atoms with Gasteiger partial charge in [-0.05, 0) is 37.3 Å². The second kappa shape index (κ2) is 5.36. The smallest absolute Gasteiger partial charge is 0.221 e. The molecule has 94 valence electrons. The van der Waals surface area contributed by atoms with Gasteiger partial charge in [0.2, 0.25) is 5.91 Å². The third-order valence-electron chi connectivity index (χ3n) is 3.15. The van der Waals surface area contributed by atoms with Crippen LogP contribution < -0.4 is 5.32 Å². The maximum atomic E-state index is 11.3. The summed E-state index contributed by atoms with van der Waals surface area (Å²) in [6.45, 7) is 3.26. The van der Waals surface area contributed by atoms with Crippen LogP contribution in [0.5, 0.6) is 0 Å². The largest absolute Gasteiger partial charge is 0.388 e. The van der Waals surface area contributed by atoms with Crippen molar-refractivity contribution >= 4 is 5.91 Å². The molecular weight excluding hydrogens is 216 g/mol. The minimum absolute atomic E-state index is 0.0745. The molecule has 4 heteroatoms. The molecule has 1 saturated carbocycles. The molecule has 1 atom stereocenters. The Labute approximate surface area is 102 Å². The molecule has 1 fully saturated rings. The third-order valence-corrected chi connectivity index (χ3v) is 3.15. The molecule has 1 aliphatic rings. The molecule has 17 heavy (non-hydrogen) atoms. The van der Waals surface area contributed by atoms with E-state index in [-0.39, 0.29) is 12.0 Å². The van der Waals surface area contributed by atoms with Crippen LogP contribution in [0.2, 0.25) is 0 Å². The highest BCUT2D eigenvalue weighted by Gasteiger charge is 2.31. The van der Waals surface area contributed by atoms with Crippen LogP contribution in [0.15, 0.2) is 18.5 Å². The van der Waals surface area contributed by atoms with Crippen LogP contribution in [-0.4, -0.2) is 22.1 Å². The Balaban J connectivity index is 1.83. The van der Waals surface area contributed by atoms with Crippen LogP contribution >= 0.6 is 0 Å². The number of aliphatic hydroxyl groups excluding tert-OH is 1. The number of aromatic nitrogens is 1. The van der Waals surface area contributed by atoms with E-state index < -0.39 is 0 Å². The number of aryl methyl sites for hydroxylation is 1. The van der Waals surface area contributed by atoms with E-state index in [9.17, 15) is 9.90 Å². The molecule has 4 nitrogen and oxygen atoms in total. The van der Waals surface area contributed by atoms with Crippen LogP contribution in [0.4, 0.5) is 0 Å². The number of rotatable bonds is 6. The second-order valence-corrected chi connectivity index (χ2v) is 4.67. The molecule has 1 aliphatic carbocycles. The SMILES string of the molecule is CCNC(=O)CCn1ccc(C(O)C2CC2)c1. The molecule has 1 unspecified atom stereocenters. The molecule has 0 bridgehead atoms. The zero-order valence-corrected chi connectivity index (χ0v) is 10.2. The molecule has 0 spiro atoms. The number of carbonyl (C=O) groups excluding carboxylic acids is 1. The van der Waals surface area contributed by atoms with E-state index in [4.69, 9.17) is 0 Å². The Morgan fingerprint density at radius 2 is 2.41 bits per heavy atom. The van der Waals surface area contributed by atoms with Gasteiger partial charge in [-0.2, -0.15) is 0 Å². The lowest BCUT2D eigenvalue weighted by Crippen LogP contribution is -2.23. The Kier molecular flexibility index (Phi) is 3.84. The highest BCUT2D eigenvalue weighted by molar-refractivity contribution is 5.75. The van der Waals surface area contributed by atoms with Gasteiger partial charge in [0.05, 0.1) is 6.10 Å². The van der Waals surface area contributed by atoms with E-state index in [0.29, 0.717) is 25.4 Å². The lowest BCUT2D eigenvalue weighted by atomic mass is 10.1. The molecule has 2 N–H and O–H groups in total. The first-order valence-corrected chi connectivity index (χ1v) is 6.31. The summed E-state index contributed by atoms with van der Waals surface area (Å²) in [5.74, 6) is 0.528. The predicted molar refractivity (Wildman–Crippen MR) is 65.4 cm³/mol. The quantitative estimate of drug-likeness (QED) is 0.785. The number of hydrogen-bond donors (Lipinski definition) is 2. The van der Waals surface area contributed by atoms with Crippen molar-refractivity contribution in [3.05, 3.63) is 24.0 Å². The standard InChI is InChI=1S/C13H20N2O2/c1-2-14-12(16)6-8-15-7-5-11(9-15)13(17)10-3-4-10/h5,7,9-10,13,17H,2-4,6,8H2,1H3,(H,14,16). The van der Waals surface area contributed by atoms with Crippen molar-refractivity contribution in [3.63, 3.8) is 0 Å². The normalized spacial score (nSPS) is 16.8. The topological polar surface area (TPSA) is 54.3 Å². The Morgan fingerprint density at radius 1 is 1.65 bits per heavy atom. The number of amides is 1. The van der Waals surface area contributed by atoms with Crippen molar-refractivity contribution in [2.24, 2.45) is 5.92 Å². The summed E-state index contributed by atoms with van der Waals surface area (Å²) >= 11 is 0. The van der Waals surface area contributed by atoms with Crippen LogP contribution in [0.1, 0.15) is 37.9 Å². The first-order chi connectivity index (χ1) is 8.20. The molecule has 1 aromatic heterocycles. The second-order valence-electron chi connectivity index (χ2n) is 4.67. The molecule has 0 saturated heterocycles. The van der Waals surface area contributed by atoms with Crippen LogP contribution in [-0.2, 0) is 11.3 Å². The average Bonchev–Trinajstić information content (AvgIpc) is 3.05. The summed E-state index contributed by atoms with van der Waals surface area (Å²) in [6, 6.07) is 1.95. The van der Waals surface area contributed by atoms with Gasteiger partial charge in [-0.25, -0.2) is 0 Å². The minimum atomic E-state index is -0.319. The van der Waals surface area contributed by atoms with Crippen molar-refractivity contribution in [1.82, 2.24) is 9.88 Å². The Hall–Kier alpha value is -1.29. The van der Waals surface area contributed by atoms with E-state index in [2.05, 4.69) is 5.32 Å². The number of nitrogens with one attached hydrogen (secondary N) is 1. The summed E-state index contributed by atoms with van der Waals surface area (Å²) in [5.41, 5.74) is 0.975. The maximum absolute atomic E-state index is 11.3. The van der Waals surface area contributed by atoms with E-state index in [1.807, 2.05) is 30.0 Å². The minimum Gasteiger partial charge on any atom is -0.388 e. The van der Waals surface area contributed by atoms with Crippen molar-refractivity contribution in [1.29, 1.82) is 0 Å². The summed E-state index contributed by atoms with van der Waals surface area (Å²) < 4.78 is 1.97. The Morgan fingerprint density at radius 3 is 3.06 bits per heavy atom. The van der Waals surface area contributed by atoms with Gasteiger partial charge in [-0.1, -0.05) is 0 Å². The molecule has 1 aromatic rings. The van der Waals surface area contributed by atoms with Gasteiger partial charge in [0.25, 0.3) is 0 Å². The summed E-state index contributed by atoms with van der Waals surface area (Å²) in [5, 5.41) is 12.7. The monoisotopic (exact) mass is 236 g/mol. The van der Waals surface area contributed by atoms with Crippen molar-refractivity contribution in [2.45, 2.75) is 38.8 Å². The number of aliphatic hydroxyl groups is 1. The maximum Gasteiger partial charge on any atom is 0.221 e. The molecule has 0 aliphatic heterocycles. The van der Waals surface area contributed by atoms with Crippen LogP contribution in [0.3, 0.4) is 0 Å². The van der Waals surface area contributed by atoms with Gasteiger partial charge in [-0.15, -0.1) is 0 Å². The number of hydrogen-bond acceptors (Lipinski definition) is 2. The summed E-state index contributed by atoms with van der Waals surface area (Å²) in [6.07, 6.45) is 6.31. The zero-order valence-electron chi connectivity index (χ0n) is 10.2. The van der Waals surface area contributed by atoms with E-state index in [1.165, 1.54) is 0 Å². The molecule has 0 aromatic carbocycles.